The molecule has 1 N–H and O–H groups in total. The molecule has 0 bridgehead atoms. The fourth-order valence-corrected chi connectivity index (χ4v) is 2.81. The lowest BCUT2D eigenvalue weighted by Crippen LogP contribution is -2.08. The number of ether oxygens (including phenoxy) is 1. The van der Waals surface area contributed by atoms with Crippen LogP contribution in [0.3, 0.4) is 0 Å². The maximum atomic E-state index is 12.3. The van der Waals surface area contributed by atoms with Crippen LogP contribution in [0.4, 0.5) is 0 Å². The number of hydrogen-bond acceptors (Lipinski definition) is 7. The van der Waals surface area contributed by atoms with Gasteiger partial charge in [-0.2, -0.15) is 0 Å². The summed E-state index contributed by atoms with van der Waals surface area (Å²) >= 11 is 1.24. The van der Waals surface area contributed by atoms with Gasteiger partial charge < -0.3 is 9.72 Å². The normalized spacial score (nSPS) is 10.7. The number of Topliss-reactive ketones (excluding diaryl/α,β-unsaturated/α-hetero) is 1. The molecule has 2 aromatic heterocycles. The Bertz CT molecular complexity index is 707. The second-order valence-electron chi connectivity index (χ2n) is 4.64. The van der Waals surface area contributed by atoms with Gasteiger partial charge in [-0.15, -0.1) is 5.10 Å². The average molecular weight is 323 g/mol. The molecule has 22 heavy (non-hydrogen) atoms. The Morgan fingerprint density at radius 1 is 1.36 bits per heavy atom. The van der Waals surface area contributed by atoms with Gasteiger partial charge in [0, 0.05) is 12.7 Å². The Balaban J connectivity index is 2.15. The fourth-order valence-electron chi connectivity index (χ4n) is 2.08. The number of aromatic nitrogens is 5. The van der Waals surface area contributed by atoms with Crippen LogP contribution in [0.5, 0.6) is 0 Å². The zero-order valence-electron chi connectivity index (χ0n) is 12.8. The number of ketones is 1. The van der Waals surface area contributed by atoms with E-state index >= 15 is 0 Å². The van der Waals surface area contributed by atoms with Gasteiger partial charge in [0.2, 0.25) is 5.16 Å². The molecule has 0 aromatic carbocycles. The first kappa shape index (κ1) is 16.2. The van der Waals surface area contributed by atoms with Crippen molar-refractivity contribution in [1.29, 1.82) is 0 Å². The third-order valence-electron chi connectivity index (χ3n) is 3.11. The quantitative estimate of drug-likeness (QED) is 0.485. The maximum Gasteiger partial charge on any atom is 0.340 e. The predicted octanol–water partition coefficient (Wildman–Crippen LogP) is 1.31. The molecule has 0 saturated carbocycles. The topological polar surface area (TPSA) is 103 Å². The SMILES string of the molecule is CCOC(=O)c1c(C)[nH]c(C(=O)CSc2nnnn2C)c1C. The molecule has 2 rings (SSSR count). The van der Waals surface area contributed by atoms with Crippen LogP contribution in [-0.4, -0.2) is 49.3 Å². The minimum absolute atomic E-state index is 0.121. The molecule has 2 heterocycles. The zero-order chi connectivity index (χ0) is 16.3. The first-order chi connectivity index (χ1) is 10.5. The highest BCUT2D eigenvalue weighted by Crippen LogP contribution is 2.22. The van der Waals surface area contributed by atoms with Crippen molar-refractivity contribution in [3.63, 3.8) is 0 Å². The molecule has 2 aromatic rings. The molecule has 0 saturated heterocycles. The standard InChI is InChI=1S/C13H17N5O3S/c1-5-21-12(20)10-7(2)11(14-8(10)3)9(19)6-22-13-15-16-17-18(13)4/h14H,5-6H2,1-4H3. The highest BCUT2D eigenvalue weighted by molar-refractivity contribution is 7.99. The first-order valence-electron chi connectivity index (χ1n) is 6.70. The van der Waals surface area contributed by atoms with Crippen LogP contribution in [0, 0.1) is 13.8 Å². The zero-order valence-corrected chi connectivity index (χ0v) is 13.7. The van der Waals surface area contributed by atoms with Crippen molar-refractivity contribution >= 4 is 23.5 Å². The number of aryl methyl sites for hydroxylation is 2. The van der Waals surface area contributed by atoms with Crippen LogP contribution in [0.25, 0.3) is 0 Å². The Morgan fingerprint density at radius 3 is 2.68 bits per heavy atom. The molecule has 0 radical (unpaired) electrons. The smallest absolute Gasteiger partial charge is 0.340 e. The van der Waals surface area contributed by atoms with Crippen molar-refractivity contribution in [3.05, 3.63) is 22.5 Å². The molecular weight excluding hydrogens is 306 g/mol. The van der Waals surface area contributed by atoms with E-state index in [1.54, 1.807) is 27.8 Å². The van der Waals surface area contributed by atoms with Crippen molar-refractivity contribution in [2.24, 2.45) is 7.05 Å². The van der Waals surface area contributed by atoms with E-state index < -0.39 is 5.97 Å². The fraction of sp³-hybridized carbons (Fsp3) is 0.462. The number of aromatic amines is 1. The molecule has 0 fully saturated rings. The Labute approximate surface area is 131 Å². The lowest BCUT2D eigenvalue weighted by Gasteiger charge is -2.02. The molecule has 0 unspecified atom stereocenters. The van der Waals surface area contributed by atoms with E-state index in [1.807, 2.05) is 0 Å². The maximum absolute atomic E-state index is 12.3. The molecule has 0 spiro atoms. The van der Waals surface area contributed by atoms with Crippen LogP contribution in [0.2, 0.25) is 0 Å². The lowest BCUT2D eigenvalue weighted by molar-refractivity contribution is 0.0525. The number of thioether (sulfide) groups is 1. The highest BCUT2D eigenvalue weighted by Gasteiger charge is 2.23. The van der Waals surface area contributed by atoms with Gasteiger partial charge in [-0.25, -0.2) is 9.48 Å². The van der Waals surface area contributed by atoms with Crippen LogP contribution >= 0.6 is 11.8 Å². The predicted molar refractivity (Wildman–Crippen MR) is 80.1 cm³/mol. The largest absolute Gasteiger partial charge is 0.462 e. The summed E-state index contributed by atoms with van der Waals surface area (Å²) in [5, 5.41) is 11.6. The summed E-state index contributed by atoms with van der Waals surface area (Å²) < 4.78 is 6.51. The second kappa shape index (κ2) is 6.73. The van der Waals surface area contributed by atoms with Gasteiger partial charge >= 0.3 is 5.97 Å². The monoisotopic (exact) mass is 323 g/mol. The second-order valence-corrected chi connectivity index (χ2v) is 5.58. The number of esters is 1. The number of nitrogens with zero attached hydrogens (tertiary/aromatic N) is 4. The van der Waals surface area contributed by atoms with Gasteiger partial charge in [-0.3, -0.25) is 4.79 Å². The molecule has 0 aliphatic carbocycles. The summed E-state index contributed by atoms with van der Waals surface area (Å²) in [7, 11) is 1.70. The van der Waals surface area contributed by atoms with Crippen molar-refractivity contribution < 1.29 is 14.3 Å². The number of nitrogens with one attached hydrogen (secondary N) is 1. The van der Waals surface area contributed by atoms with Crippen molar-refractivity contribution in [2.45, 2.75) is 25.9 Å². The van der Waals surface area contributed by atoms with E-state index in [4.69, 9.17) is 4.74 Å². The number of hydrogen-bond donors (Lipinski definition) is 1. The van der Waals surface area contributed by atoms with Crippen LogP contribution in [0.1, 0.15) is 39.0 Å². The van der Waals surface area contributed by atoms with Gasteiger partial charge in [0.05, 0.1) is 23.6 Å². The van der Waals surface area contributed by atoms with E-state index in [-0.39, 0.29) is 11.5 Å². The van der Waals surface area contributed by atoms with Gasteiger partial charge in [0.15, 0.2) is 5.78 Å². The molecule has 9 heteroatoms. The first-order valence-corrected chi connectivity index (χ1v) is 7.68. The highest BCUT2D eigenvalue weighted by atomic mass is 32.2. The minimum atomic E-state index is -0.419. The minimum Gasteiger partial charge on any atom is -0.462 e. The summed E-state index contributed by atoms with van der Waals surface area (Å²) in [4.78, 5) is 27.2. The Hall–Kier alpha value is -2.16. The molecule has 0 aliphatic rings. The van der Waals surface area contributed by atoms with Gasteiger partial charge in [0.1, 0.15) is 0 Å². The summed E-state index contributed by atoms with van der Waals surface area (Å²) in [6, 6.07) is 0. The average Bonchev–Trinajstić information content (AvgIpc) is 3.00. The van der Waals surface area contributed by atoms with Gasteiger partial charge in [0.25, 0.3) is 0 Å². The van der Waals surface area contributed by atoms with E-state index in [0.29, 0.717) is 34.3 Å². The van der Waals surface area contributed by atoms with Crippen LogP contribution in [0.15, 0.2) is 5.16 Å². The van der Waals surface area contributed by atoms with E-state index in [1.165, 1.54) is 16.4 Å². The van der Waals surface area contributed by atoms with E-state index in [0.717, 1.165) is 0 Å². The third kappa shape index (κ3) is 3.19. The number of carbonyl (C=O) groups is 2. The third-order valence-corrected chi connectivity index (χ3v) is 4.12. The van der Waals surface area contributed by atoms with Crippen LogP contribution in [-0.2, 0) is 11.8 Å². The molecule has 0 amide bonds. The molecule has 0 aliphatic heterocycles. The van der Waals surface area contributed by atoms with E-state index in [2.05, 4.69) is 20.5 Å². The van der Waals surface area contributed by atoms with Crippen molar-refractivity contribution in [2.75, 3.05) is 12.4 Å². The summed E-state index contributed by atoms with van der Waals surface area (Å²) in [5.41, 5.74) is 2.08. The number of carbonyl (C=O) groups excluding carboxylic acids is 2. The summed E-state index contributed by atoms with van der Waals surface area (Å²) in [6.07, 6.45) is 0. The Kier molecular flexibility index (Phi) is 4.96. The van der Waals surface area contributed by atoms with Gasteiger partial charge in [-0.1, -0.05) is 11.8 Å². The lowest BCUT2D eigenvalue weighted by atomic mass is 10.1. The van der Waals surface area contributed by atoms with E-state index in [9.17, 15) is 9.59 Å². The summed E-state index contributed by atoms with van der Waals surface area (Å²) in [5.74, 6) is -0.362. The molecule has 0 atom stereocenters. The number of H-pyrrole nitrogens is 1. The Morgan fingerprint density at radius 2 is 2.09 bits per heavy atom. The number of tetrazole rings is 1. The molecule has 8 nitrogen and oxygen atoms in total. The number of rotatable bonds is 6. The van der Waals surface area contributed by atoms with Crippen molar-refractivity contribution in [3.8, 4) is 0 Å². The van der Waals surface area contributed by atoms with Gasteiger partial charge in [-0.05, 0) is 36.8 Å². The van der Waals surface area contributed by atoms with Crippen molar-refractivity contribution in [1.82, 2.24) is 25.2 Å². The molecule has 118 valence electrons. The molecular formula is C13H17N5O3S. The van der Waals surface area contributed by atoms with Crippen LogP contribution < -0.4 is 0 Å². The summed E-state index contributed by atoms with van der Waals surface area (Å²) in [6.45, 7) is 5.52.